The molecule has 0 spiro atoms. The van der Waals surface area contributed by atoms with E-state index in [9.17, 15) is 0 Å². The second-order valence-corrected chi connectivity index (χ2v) is 5.45. The fourth-order valence-electron chi connectivity index (χ4n) is 2.84. The Morgan fingerprint density at radius 1 is 1.05 bits per heavy atom. The largest absolute Gasteiger partial charge is 0.489 e. The number of likely N-dealkylation sites (tertiary alicyclic amines) is 1. The third kappa shape index (κ3) is 3.07. The molecule has 2 aromatic carbocycles. The maximum absolute atomic E-state index is 6.04. The molecule has 0 N–H and O–H groups in total. The number of hydrogen-bond donors (Lipinski definition) is 0. The van der Waals surface area contributed by atoms with Crippen molar-refractivity contribution in [1.29, 1.82) is 0 Å². The summed E-state index contributed by atoms with van der Waals surface area (Å²) in [6, 6.07) is 14.7. The predicted octanol–water partition coefficient (Wildman–Crippen LogP) is 3.70. The first-order valence-electron chi connectivity index (χ1n) is 7.19. The Bertz CT molecular complexity index is 546. The zero-order chi connectivity index (χ0) is 13.1. The monoisotopic (exact) mass is 255 g/mol. The molecular formula is C17H21NO. The number of hydrogen-bond acceptors (Lipinski definition) is 2. The molecule has 19 heavy (non-hydrogen) atoms. The van der Waals surface area contributed by atoms with Crippen LogP contribution in [0.2, 0.25) is 0 Å². The molecule has 1 heterocycles. The van der Waals surface area contributed by atoms with Crippen molar-refractivity contribution in [2.24, 2.45) is 0 Å². The molecule has 0 radical (unpaired) electrons. The second-order valence-electron chi connectivity index (χ2n) is 5.45. The van der Waals surface area contributed by atoms with Gasteiger partial charge in [0.05, 0.1) is 0 Å². The van der Waals surface area contributed by atoms with Gasteiger partial charge in [0, 0.05) is 6.54 Å². The molecule has 0 aromatic heterocycles. The topological polar surface area (TPSA) is 12.5 Å². The Hall–Kier alpha value is -1.54. The molecule has 2 heteroatoms. The van der Waals surface area contributed by atoms with E-state index in [2.05, 4.69) is 54.3 Å². The van der Waals surface area contributed by atoms with E-state index >= 15 is 0 Å². The van der Waals surface area contributed by atoms with E-state index in [1.807, 2.05) is 0 Å². The van der Waals surface area contributed by atoms with Gasteiger partial charge in [-0.25, -0.2) is 0 Å². The highest BCUT2D eigenvalue weighted by atomic mass is 16.5. The second kappa shape index (κ2) is 5.62. The summed E-state index contributed by atoms with van der Waals surface area (Å²) in [5.74, 6) is 0.977. The smallest absolute Gasteiger partial charge is 0.120 e. The van der Waals surface area contributed by atoms with Crippen molar-refractivity contribution in [2.75, 3.05) is 19.6 Å². The summed E-state index contributed by atoms with van der Waals surface area (Å²) in [5, 5.41) is 2.51. The molecule has 1 aliphatic rings. The van der Waals surface area contributed by atoms with Crippen molar-refractivity contribution in [2.45, 2.75) is 25.9 Å². The Balaban J connectivity index is 1.66. The lowest BCUT2D eigenvalue weighted by Gasteiger charge is -2.21. The SMILES string of the molecule is C[C@@H](CN1CCCC1)Oc1ccc2ccccc2c1. The Labute approximate surface area is 115 Å². The average Bonchev–Trinajstić information content (AvgIpc) is 2.91. The number of fused-ring (bicyclic) bond motifs is 1. The van der Waals surface area contributed by atoms with Gasteiger partial charge in [-0.05, 0) is 55.8 Å². The summed E-state index contributed by atoms with van der Waals surface area (Å²) in [5.41, 5.74) is 0. The van der Waals surface area contributed by atoms with Crippen LogP contribution in [0.3, 0.4) is 0 Å². The molecule has 1 atom stereocenters. The van der Waals surface area contributed by atoms with Crippen molar-refractivity contribution in [3.63, 3.8) is 0 Å². The third-order valence-corrected chi connectivity index (χ3v) is 3.77. The van der Waals surface area contributed by atoms with E-state index in [-0.39, 0.29) is 6.10 Å². The minimum absolute atomic E-state index is 0.249. The summed E-state index contributed by atoms with van der Waals surface area (Å²) >= 11 is 0. The van der Waals surface area contributed by atoms with Crippen LogP contribution >= 0.6 is 0 Å². The molecule has 0 bridgehead atoms. The van der Waals surface area contributed by atoms with Crippen LogP contribution in [0.4, 0.5) is 0 Å². The summed E-state index contributed by atoms with van der Waals surface area (Å²) in [4.78, 5) is 2.49. The Morgan fingerprint density at radius 2 is 1.79 bits per heavy atom. The molecule has 2 aromatic rings. The Kier molecular flexibility index (Phi) is 3.69. The number of ether oxygens (including phenoxy) is 1. The van der Waals surface area contributed by atoms with Gasteiger partial charge in [0.2, 0.25) is 0 Å². The van der Waals surface area contributed by atoms with E-state index in [0.717, 1.165) is 12.3 Å². The van der Waals surface area contributed by atoms with Gasteiger partial charge in [0.25, 0.3) is 0 Å². The fraction of sp³-hybridized carbons (Fsp3) is 0.412. The number of rotatable bonds is 4. The summed E-state index contributed by atoms with van der Waals surface area (Å²) < 4.78 is 6.04. The van der Waals surface area contributed by atoms with Crippen molar-refractivity contribution in [3.8, 4) is 5.75 Å². The molecule has 1 saturated heterocycles. The minimum Gasteiger partial charge on any atom is -0.489 e. The minimum atomic E-state index is 0.249. The van der Waals surface area contributed by atoms with Gasteiger partial charge in [0.15, 0.2) is 0 Å². The highest BCUT2D eigenvalue weighted by Crippen LogP contribution is 2.21. The lowest BCUT2D eigenvalue weighted by Crippen LogP contribution is -2.31. The highest BCUT2D eigenvalue weighted by molar-refractivity contribution is 5.83. The van der Waals surface area contributed by atoms with Crippen molar-refractivity contribution in [3.05, 3.63) is 42.5 Å². The molecule has 0 saturated carbocycles. The lowest BCUT2D eigenvalue weighted by atomic mass is 10.1. The molecule has 0 unspecified atom stereocenters. The number of nitrogens with zero attached hydrogens (tertiary/aromatic N) is 1. The van der Waals surface area contributed by atoms with Gasteiger partial charge in [-0.1, -0.05) is 30.3 Å². The quantitative estimate of drug-likeness (QED) is 0.826. The molecule has 0 aliphatic carbocycles. The van der Waals surface area contributed by atoms with Crippen LogP contribution < -0.4 is 4.74 Å². The van der Waals surface area contributed by atoms with Crippen LogP contribution in [-0.4, -0.2) is 30.6 Å². The average molecular weight is 255 g/mol. The van der Waals surface area contributed by atoms with E-state index in [1.54, 1.807) is 0 Å². The van der Waals surface area contributed by atoms with Crippen LogP contribution in [0, 0.1) is 0 Å². The van der Waals surface area contributed by atoms with E-state index in [0.29, 0.717) is 0 Å². The first-order valence-corrected chi connectivity index (χ1v) is 7.19. The highest BCUT2D eigenvalue weighted by Gasteiger charge is 2.15. The van der Waals surface area contributed by atoms with Crippen molar-refractivity contribution >= 4 is 10.8 Å². The van der Waals surface area contributed by atoms with Crippen molar-refractivity contribution in [1.82, 2.24) is 4.90 Å². The Morgan fingerprint density at radius 3 is 2.58 bits per heavy atom. The molecule has 2 nitrogen and oxygen atoms in total. The van der Waals surface area contributed by atoms with Crippen LogP contribution in [0.15, 0.2) is 42.5 Å². The first-order chi connectivity index (χ1) is 9.31. The fourth-order valence-corrected chi connectivity index (χ4v) is 2.84. The summed E-state index contributed by atoms with van der Waals surface area (Å²) in [6.07, 6.45) is 2.92. The third-order valence-electron chi connectivity index (χ3n) is 3.77. The van der Waals surface area contributed by atoms with Gasteiger partial charge in [-0.3, -0.25) is 4.90 Å². The van der Waals surface area contributed by atoms with Gasteiger partial charge in [0.1, 0.15) is 11.9 Å². The zero-order valence-corrected chi connectivity index (χ0v) is 11.5. The molecule has 0 amide bonds. The van der Waals surface area contributed by atoms with Gasteiger partial charge >= 0.3 is 0 Å². The van der Waals surface area contributed by atoms with E-state index in [1.165, 1.54) is 36.7 Å². The normalized spacial score (nSPS) is 17.7. The molecular weight excluding hydrogens is 234 g/mol. The van der Waals surface area contributed by atoms with E-state index in [4.69, 9.17) is 4.74 Å². The zero-order valence-electron chi connectivity index (χ0n) is 11.5. The molecule has 1 aliphatic heterocycles. The van der Waals surface area contributed by atoms with Crippen LogP contribution in [-0.2, 0) is 0 Å². The maximum Gasteiger partial charge on any atom is 0.120 e. The molecule has 3 rings (SSSR count). The number of benzene rings is 2. The molecule has 1 fully saturated rings. The van der Waals surface area contributed by atoms with Gasteiger partial charge < -0.3 is 4.74 Å². The van der Waals surface area contributed by atoms with Crippen LogP contribution in [0.1, 0.15) is 19.8 Å². The van der Waals surface area contributed by atoms with Crippen molar-refractivity contribution < 1.29 is 4.74 Å². The maximum atomic E-state index is 6.04. The van der Waals surface area contributed by atoms with Gasteiger partial charge in [-0.15, -0.1) is 0 Å². The first kappa shape index (κ1) is 12.5. The summed E-state index contributed by atoms with van der Waals surface area (Å²) in [7, 11) is 0. The van der Waals surface area contributed by atoms with Gasteiger partial charge in [-0.2, -0.15) is 0 Å². The predicted molar refractivity (Wildman–Crippen MR) is 79.7 cm³/mol. The molecule has 100 valence electrons. The van der Waals surface area contributed by atoms with Crippen LogP contribution in [0.25, 0.3) is 10.8 Å². The van der Waals surface area contributed by atoms with E-state index < -0.39 is 0 Å². The lowest BCUT2D eigenvalue weighted by molar-refractivity contribution is 0.162. The standard InChI is InChI=1S/C17H21NO/c1-14(13-18-10-4-5-11-18)19-17-9-8-15-6-2-3-7-16(15)12-17/h2-3,6-9,12,14H,4-5,10-11,13H2,1H3/t14-/m0/s1. The summed E-state index contributed by atoms with van der Waals surface area (Å²) in [6.45, 7) is 5.65. The van der Waals surface area contributed by atoms with Crippen LogP contribution in [0.5, 0.6) is 5.75 Å².